The molecule has 0 saturated carbocycles. The van der Waals surface area contributed by atoms with Crippen LogP contribution in [0.3, 0.4) is 0 Å². The molecule has 0 saturated heterocycles. The van der Waals surface area contributed by atoms with Gasteiger partial charge in [-0.3, -0.25) is 0 Å². The highest BCUT2D eigenvalue weighted by Crippen LogP contribution is 2.33. The smallest absolute Gasteiger partial charge is 0.299 e. The van der Waals surface area contributed by atoms with Crippen LogP contribution in [0.1, 0.15) is 171 Å². The van der Waals surface area contributed by atoms with Gasteiger partial charge in [0.25, 0.3) is 5.87 Å². The molecule has 0 fully saturated rings. The average Bonchev–Trinajstić information content (AvgIpc) is 3.07. The molecule has 0 spiro atoms. The van der Waals surface area contributed by atoms with Gasteiger partial charge in [-0.25, -0.2) is 0 Å². The van der Waals surface area contributed by atoms with Crippen LogP contribution in [0, 0.1) is 0 Å². The van der Waals surface area contributed by atoms with Gasteiger partial charge in [-0.15, -0.1) is 4.79 Å². The minimum Gasteiger partial charge on any atom is -0.348 e. The van der Waals surface area contributed by atoms with Crippen LogP contribution in [0.15, 0.2) is 72.3 Å². The molecule has 0 heterocycles. The molecule has 2 aromatic carbocycles. The summed E-state index contributed by atoms with van der Waals surface area (Å²) in [4.78, 5) is 3.23. The summed E-state index contributed by atoms with van der Waals surface area (Å²) in [6.07, 6.45) is 34.5. The highest BCUT2D eigenvalue weighted by molar-refractivity contribution is 5.86. The van der Waals surface area contributed by atoms with Crippen molar-refractivity contribution in [2.24, 2.45) is 0 Å². The second-order valence-corrected chi connectivity index (χ2v) is 12.9. The highest BCUT2D eigenvalue weighted by Gasteiger charge is 2.15. The Kier molecular flexibility index (Phi) is 22.4. The number of allylic oxidation sites excluding steroid dienone is 4. The van der Waals surface area contributed by atoms with Crippen LogP contribution in [0.5, 0.6) is 0 Å². The van der Waals surface area contributed by atoms with Crippen molar-refractivity contribution in [3.8, 4) is 0 Å². The number of nitrogens with zero attached hydrogens (tertiary/aromatic N) is 2. The van der Waals surface area contributed by atoms with Gasteiger partial charge in [0.2, 0.25) is 0 Å². The fourth-order valence-electron chi connectivity index (χ4n) is 6.25. The average molecular weight is 609 g/mol. The van der Waals surface area contributed by atoms with Gasteiger partial charge < -0.3 is 5.53 Å². The van der Waals surface area contributed by atoms with Crippen LogP contribution < -0.4 is 0 Å². The number of unbranched alkanes of at least 4 members (excludes halogenated alkanes) is 15. The minimum absolute atomic E-state index is 0.945. The van der Waals surface area contributed by atoms with Crippen molar-refractivity contribution in [2.75, 3.05) is 0 Å². The Hall–Kier alpha value is -2.92. The highest BCUT2D eigenvalue weighted by atomic mass is 14.8. The van der Waals surface area contributed by atoms with Gasteiger partial charge >= 0.3 is 0 Å². The van der Waals surface area contributed by atoms with E-state index in [0.29, 0.717) is 0 Å². The van der Waals surface area contributed by atoms with E-state index in [2.05, 4.69) is 92.1 Å². The molecule has 0 aliphatic rings. The molecule has 0 aliphatic heterocycles. The summed E-state index contributed by atoms with van der Waals surface area (Å²) in [5.74, 6) is 2.75. The Morgan fingerprint density at radius 2 is 1.20 bits per heavy atom. The fourth-order valence-corrected chi connectivity index (χ4v) is 6.25. The van der Waals surface area contributed by atoms with E-state index in [1.807, 2.05) is 6.08 Å². The first-order valence-corrected chi connectivity index (χ1v) is 18.7. The number of rotatable bonds is 26. The quantitative estimate of drug-likeness (QED) is 0.0254. The van der Waals surface area contributed by atoms with Crippen LogP contribution in [0.25, 0.3) is 11.1 Å². The second-order valence-electron chi connectivity index (χ2n) is 12.9. The van der Waals surface area contributed by atoms with Gasteiger partial charge in [-0.1, -0.05) is 165 Å². The first-order valence-electron chi connectivity index (χ1n) is 18.7. The monoisotopic (exact) mass is 609 g/mol. The molecule has 2 nitrogen and oxygen atoms in total. The molecule has 0 N–H and O–H groups in total. The summed E-state index contributed by atoms with van der Waals surface area (Å²) >= 11 is 0. The van der Waals surface area contributed by atoms with Gasteiger partial charge in [0, 0.05) is 0 Å². The van der Waals surface area contributed by atoms with Crippen molar-refractivity contribution >= 4 is 11.4 Å². The predicted molar refractivity (Wildman–Crippen MR) is 198 cm³/mol. The maximum Gasteiger partial charge on any atom is 0.299 e. The third kappa shape index (κ3) is 16.8. The second kappa shape index (κ2) is 26.3. The summed E-state index contributed by atoms with van der Waals surface area (Å²) in [6.45, 7) is 6.80. The lowest BCUT2D eigenvalue weighted by molar-refractivity contribution is 0.00800. The molecule has 0 unspecified atom stereocenters. The number of hydrogen-bond acceptors (Lipinski definition) is 0. The topological polar surface area (TPSA) is 36.4 Å². The molecule has 2 aromatic rings. The Morgan fingerprint density at radius 1 is 0.622 bits per heavy atom. The molecule has 0 aromatic heterocycles. The van der Waals surface area contributed by atoms with E-state index < -0.39 is 0 Å². The SMILES string of the molecule is CCCCCCCCCCCC=CCCCc1ccccc1C(=C(C=C=[N+]=[N-])CCCCC)c1ccc(CCCCCC)cc1. The minimum atomic E-state index is 0.945. The lowest BCUT2D eigenvalue weighted by Crippen LogP contribution is -2.00. The van der Waals surface area contributed by atoms with E-state index in [4.69, 9.17) is 0 Å². The van der Waals surface area contributed by atoms with Gasteiger partial charge in [-0.05, 0) is 91.2 Å². The molecule has 0 aliphatic carbocycles. The van der Waals surface area contributed by atoms with Crippen LogP contribution in [-0.4, -0.2) is 10.7 Å². The maximum atomic E-state index is 9.27. The molecule has 246 valence electrons. The van der Waals surface area contributed by atoms with E-state index in [9.17, 15) is 5.53 Å². The Bertz CT molecular complexity index is 1170. The fraction of sp³-hybridized carbons (Fsp3) is 0.581. The lowest BCUT2D eigenvalue weighted by atomic mass is 9.86. The van der Waals surface area contributed by atoms with Crippen molar-refractivity contribution in [3.63, 3.8) is 0 Å². The van der Waals surface area contributed by atoms with E-state index >= 15 is 0 Å². The predicted octanol–water partition coefficient (Wildman–Crippen LogP) is 13.4. The molecule has 0 radical (unpaired) electrons. The number of benzene rings is 2. The van der Waals surface area contributed by atoms with Crippen molar-refractivity contribution in [1.82, 2.24) is 0 Å². The zero-order valence-corrected chi connectivity index (χ0v) is 29.3. The molecule has 2 rings (SSSR count). The molecule has 45 heavy (non-hydrogen) atoms. The van der Waals surface area contributed by atoms with Crippen molar-refractivity contribution in [3.05, 3.63) is 100 Å². The Labute approximate surface area is 277 Å². The zero-order valence-electron chi connectivity index (χ0n) is 29.3. The number of aryl methyl sites for hydroxylation is 2. The standard InChI is InChI=1S/C43H64N2/c1-4-7-10-12-13-14-15-16-17-18-19-20-21-24-28-39-29-25-26-31-42(39)43(40(36-37-45-44)30-22-9-6-3)41-34-32-38(33-35-41)27-23-11-8-5-2/h19-20,25-26,29,31-36H,4-18,21-24,27-28,30H2,1-3H3. The van der Waals surface area contributed by atoms with Gasteiger partial charge in [-0.2, -0.15) is 0 Å². The van der Waals surface area contributed by atoms with Crippen LogP contribution in [0.4, 0.5) is 0 Å². The molecular formula is C43H64N2. The molecule has 0 atom stereocenters. The Balaban J connectivity index is 2.10. The molecule has 2 heteroatoms. The van der Waals surface area contributed by atoms with E-state index in [1.54, 1.807) is 0 Å². The number of hydrogen-bond donors (Lipinski definition) is 0. The van der Waals surface area contributed by atoms with E-state index in [-0.39, 0.29) is 0 Å². The maximum absolute atomic E-state index is 9.27. The summed E-state index contributed by atoms with van der Waals surface area (Å²) in [5.41, 5.74) is 17.1. The first kappa shape index (κ1) is 38.3. The van der Waals surface area contributed by atoms with Crippen LogP contribution in [-0.2, 0) is 12.8 Å². The molecule has 0 bridgehead atoms. The molecular weight excluding hydrogens is 544 g/mol. The first-order chi connectivity index (χ1) is 22.2. The van der Waals surface area contributed by atoms with E-state index in [0.717, 1.165) is 38.5 Å². The van der Waals surface area contributed by atoms with Crippen molar-refractivity contribution < 1.29 is 4.79 Å². The van der Waals surface area contributed by atoms with Crippen LogP contribution in [0.2, 0.25) is 0 Å². The molecule has 0 amide bonds. The summed E-state index contributed by atoms with van der Waals surface area (Å²) in [7, 11) is 0. The third-order valence-corrected chi connectivity index (χ3v) is 8.97. The summed E-state index contributed by atoms with van der Waals surface area (Å²) in [5, 5.41) is 0. The van der Waals surface area contributed by atoms with Crippen molar-refractivity contribution in [1.29, 1.82) is 0 Å². The van der Waals surface area contributed by atoms with E-state index in [1.165, 1.54) is 136 Å². The summed E-state index contributed by atoms with van der Waals surface area (Å²) in [6, 6.07) is 18.2. The largest absolute Gasteiger partial charge is 0.348 e. The van der Waals surface area contributed by atoms with Gasteiger partial charge in [0.05, 0.1) is 6.08 Å². The zero-order chi connectivity index (χ0) is 32.2. The van der Waals surface area contributed by atoms with Gasteiger partial charge in [0.15, 0.2) is 0 Å². The van der Waals surface area contributed by atoms with Crippen LogP contribution >= 0.6 is 0 Å². The summed E-state index contributed by atoms with van der Waals surface area (Å²) < 4.78 is 0. The van der Waals surface area contributed by atoms with Gasteiger partial charge in [0.1, 0.15) is 0 Å². The van der Waals surface area contributed by atoms with Crippen molar-refractivity contribution in [2.45, 2.75) is 162 Å². The third-order valence-electron chi connectivity index (χ3n) is 8.97. The normalized spacial score (nSPS) is 11.8. The Morgan fingerprint density at radius 3 is 1.87 bits per heavy atom. The lowest BCUT2D eigenvalue weighted by Gasteiger charge is -2.18.